The number of benzene rings is 4. The number of nitrogens with zero attached hydrogens (tertiary/aromatic N) is 1. The second kappa shape index (κ2) is 8.84. The van der Waals surface area contributed by atoms with E-state index in [9.17, 15) is 19.8 Å². The van der Waals surface area contributed by atoms with Crippen molar-refractivity contribution in [2.75, 3.05) is 10.2 Å². The number of hydrogen-bond donors (Lipinski definition) is 3. The maximum absolute atomic E-state index is 13.7. The van der Waals surface area contributed by atoms with Crippen LogP contribution >= 0.6 is 0 Å². The molecule has 0 atom stereocenters. The number of carboxylic acids is 1. The van der Waals surface area contributed by atoms with Crippen LogP contribution in [0.25, 0.3) is 22.8 Å². The summed E-state index contributed by atoms with van der Waals surface area (Å²) in [4.78, 5) is 26.8. The summed E-state index contributed by atoms with van der Waals surface area (Å²) in [6, 6.07) is 27.4. The highest BCUT2D eigenvalue weighted by Crippen LogP contribution is 2.42. The van der Waals surface area contributed by atoms with Gasteiger partial charge in [0.05, 0.1) is 22.5 Å². The summed E-state index contributed by atoms with van der Waals surface area (Å²) in [7, 11) is 0. The van der Waals surface area contributed by atoms with Crippen molar-refractivity contribution in [3.8, 4) is 16.9 Å². The molecular formula is C31H22N2O4. The van der Waals surface area contributed by atoms with Gasteiger partial charge in [0, 0.05) is 29.4 Å². The van der Waals surface area contributed by atoms with Crippen molar-refractivity contribution < 1.29 is 19.8 Å². The van der Waals surface area contributed by atoms with Gasteiger partial charge in [0.25, 0.3) is 5.91 Å². The predicted molar refractivity (Wildman–Crippen MR) is 144 cm³/mol. The second-order valence-corrected chi connectivity index (χ2v) is 8.96. The summed E-state index contributed by atoms with van der Waals surface area (Å²) >= 11 is 0. The molecule has 1 heterocycles. The van der Waals surface area contributed by atoms with E-state index in [2.05, 4.69) is 23.5 Å². The lowest BCUT2D eigenvalue weighted by Gasteiger charge is -2.18. The Hall–Kier alpha value is -5.10. The Balaban J connectivity index is 1.33. The van der Waals surface area contributed by atoms with Crippen LogP contribution in [0.5, 0.6) is 5.75 Å². The van der Waals surface area contributed by atoms with Crippen molar-refractivity contribution in [3.63, 3.8) is 0 Å². The summed E-state index contributed by atoms with van der Waals surface area (Å²) in [5.74, 6) is -1.22. The Labute approximate surface area is 213 Å². The molecule has 6 nitrogen and oxygen atoms in total. The molecule has 0 spiro atoms. The second-order valence-electron chi connectivity index (χ2n) is 8.96. The molecular weight excluding hydrogens is 464 g/mol. The van der Waals surface area contributed by atoms with Crippen LogP contribution in [0.3, 0.4) is 0 Å². The number of amides is 1. The van der Waals surface area contributed by atoms with Gasteiger partial charge in [-0.25, -0.2) is 4.79 Å². The van der Waals surface area contributed by atoms with E-state index in [4.69, 9.17) is 0 Å². The van der Waals surface area contributed by atoms with Crippen molar-refractivity contribution in [2.24, 2.45) is 0 Å². The van der Waals surface area contributed by atoms with Crippen molar-refractivity contribution in [1.29, 1.82) is 0 Å². The summed E-state index contributed by atoms with van der Waals surface area (Å²) in [5.41, 5.74) is 6.95. The van der Waals surface area contributed by atoms with E-state index in [0.717, 1.165) is 22.5 Å². The maximum atomic E-state index is 13.7. The Morgan fingerprint density at radius 1 is 0.892 bits per heavy atom. The topological polar surface area (TPSA) is 89.9 Å². The lowest BCUT2D eigenvalue weighted by Crippen LogP contribution is -2.25. The molecule has 0 saturated heterocycles. The van der Waals surface area contributed by atoms with Crippen LogP contribution in [0.1, 0.15) is 27.0 Å². The van der Waals surface area contributed by atoms with Gasteiger partial charge in [-0.3, -0.25) is 9.69 Å². The fourth-order valence-electron chi connectivity index (χ4n) is 4.93. The monoisotopic (exact) mass is 486 g/mol. The molecule has 4 aromatic carbocycles. The quantitative estimate of drug-likeness (QED) is 0.232. The lowest BCUT2D eigenvalue weighted by atomic mass is 10.0. The van der Waals surface area contributed by atoms with E-state index in [0.29, 0.717) is 28.8 Å². The Morgan fingerprint density at radius 3 is 2.49 bits per heavy atom. The SMILES string of the molecule is O=C(O)c1cccc(-c2cccc(N/C=C3\C(=O)N(C4=Cc5ccccc5C4)c4ccccc43)c2O)c1. The fourth-order valence-corrected chi connectivity index (χ4v) is 4.93. The third kappa shape index (κ3) is 3.85. The number of carbonyl (C=O) groups is 2. The summed E-state index contributed by atoms with van der Waals surface area (Å²) in [5, 5.41) is 23.4. The minimum absolute atomic E-state index is 0.0357. The molecule has 0 fully saturated rings. The number of aromatic carboxylic acids is 1. The summed E-state index contributed by atoms with van der Waals surface area (Å²) in [6.45, 7) is 0. The van der Waals surface area contributed by atoms with Gasteiger partial charge in [-0.15, -0.1) is 0 Å². The van der Waals surface area contributed by atoms with Crippen LogP contribution in [0, 0.1) is 0 Å². The molecule has 2 aliphatic rings. The number of aromatic hydroxyl groups is 1. The van der Waals surface area contributed by atoms with Gasteiger partial charge in [0.15, 0.2) is 0 Å². The number of carboxylic acid groups (broad SMARTS) is 1. The Kier molecular flexibility index (Phi) is 5.34. The van der Waals surface area contributed by atoms with Gasteiger partial charge in [-0.1, -0.05) is 66.7 Å². The molecule has 0 aromatic heterocycles. The highest BCUT2D eigenvalue weighted by molar-refractivity contribution is 6.34. The molecule has 37 heavy (non-hydrogen) atoms. The van der Waals surface area contributed by atoms with E-state index >= 15 is 0 Å². The number of para-hydroxylation sites is 2. The van der Waals surface area contributed by atoms with E-state index < -0.39 is 5.97 Å². The average molecular weight is 487 g/mol. The lowest BCUT2D eigenvalue weighted by molar-refractivity contribution is -0.112. The number of anilines is 2. The molecule has 1 amide bonds. The summed E-state index contributed by atoms with van der Waals surface area (Å²) in [6.07, 6.45) is 4.35. The molecule has 1 aliphatic carbocycles. The molecule has 4 aromatic rings. The third-order valence-electron chi connectivity index (χ3n) is 6.73. The number of phenolic OH excluding ortho intramolecular Hbond substituents is 1. The van der Waals surface area contributed by atoms with Gasteiger partial charge in [0.1, 0.15) is 5.75 Å². The summed E-state index contributed by atoms with van der Waals surface area (Å²) < 4.78 is 0. The predicted octanol–water partition coefficient (Wildman–Crippen LogP) is 6.15. The molecule has 0 saturated carbocycles. The van der Waals surface area contributed by atoms with Gasteiger partial charge in [-0.05, 0) is 47.0 Å². The molecule has 1 aliphatic heterocycles. The van der Waals surface area contributed by atoms with Crippen LogP contribution in [-0.2, 0) is 11.2 Å². The average Bonchev–Trinajstić information content (AvgIpc) is 3.46. The maximum Gasteiger partial charge on any atom is 0.335 e. The number of phenols is 1. The minimum Gasteiger partial charge on any atom is -0.505 e. The Morgan fingerprint density at radius 2 is 1.65 bits per heavy atom. The number of hydrogen-bond acceptors (Lipinski definition) is 4. The van der Waals surface area contributed by atoms with E-state index in [1.54, 1.807) is 41.4 Å². The molecule has 0 bridgehead atoms. The first kappa shape index (κ1) is 22.4. The van der Waals surface area contributed by atoms with Crippen molar-refractivity contribution in [2.45, 2.75) is 6.42 Å². The normalized spacial score (nSPS) is 14.9. The van der Waals surface area contributed by atoms with Crippen molar-refractivity contribution in [3.05, 3.63) is 125 Å². The first-order valence-electron chi connectivity index (χ1n) is 11.9. The van der Waals surface area contributed by atoms with Gasteiger partial charge < -0.3 is 15.5 Å². The molecule has 0 radical (unpaired) electrons. The number of allylic oxidation sites excluding steroid dienone is 1. The van der Waals surface area contributed by atoms with Crippen LogP contribution < -0.4 is 10.2 Å². The van der Waals surface area contributed by atoms with Crippen molar-refractivity contribution in [1.82, 2.24) is 0 Å². The van der Waals surface area contributed by atoms with Crippen LogP contribution in [-0.4, -0.2) is 22.1 Å². The molecule has 3 N–H and O–H groups in total. The fraction of sp³-hybridized carbons (Fsp3) is 0.0323. The van der Waals surface area contributed by atoms with E-state index in [-0.39, 0.29) is 17.2 Å². The largest absolute Gasteiger partial charge is 0.505 e. The Bertz CT molecular complexity index is 1650. The van der Waals surface area contributed by atoms with Gasteiger partial charge in [0.2, 0.25) is 0 Å². The highest BCUT2D eigenvalue weighted by Gasteiger charge is 2.35. The molecule has 6 heteroatoms. The smallest absolute Gasteiger partial charge is 0.335 e. The number of rotatable bonds is 5. The standard InChI is InChI=1S/C31H22N2O4/c34-29-24(21-9-5-10-22(15-21)31(36)37)12-6-13-27(29)32-18-26-25-11-3-4-14-28(25)33(30(26)35)23-16-19-7-1-2-8-20(19)17-23/h1-16,18,32,34H,17H2,(H,36,37)/b26-18-. The minimum atomic E-state index is -1.04. The van der Waals surface area contributed by atoms with Crippen LogP contribution in [0.2, 0.25) is 0 Å². The van der Waals surface area contributed by atoms with Crippen molar-refractivity contribution >= 4 is 34.9 Å². The highest BCUT2D eigenvalue weighted by atomic mass is 16.4. The number of fused-ring (bicyclic) bond motifs is 2. The zero-order chi connectivity index (χ0) is 25.5. The number of nitrogens with one attached hydrogen (secondary N) is 1. The third-order valence-corrected chi connectivity index (χ3v) is 6.73. The number of carbonyl (C=O) groups excluding carboxylic acids is 1. The zero-order valence-corrected chi connectivity index (χ0v) is 19.7. The molecule has 180 valence electrons. The van der Waals surface area contributed by atoms with Crippen LogP contribution in [0.15, 0.2) is 103 Å². The molecule has 0 unspecified atom stereocenters. The first-order chi connectivity index (χ1) is 18.0. The zero-order valence-electron chi connectivity index (χ0n) is 19.7. The van der Waals surface area contributed by atoms with E-state index in [1.165, 1.54) is 17.7 Å². The molecule has 6 rings (SSSR count). The van der Waals surface area contributed by atoms with Gasteiger partial charge in [-0.2, -0.15) is 0 Å². The first-order valence-corrected chi connectivity index (χ1v) is 11.9. The van der Waals surface area contributed by atoms with Crippen LogP contribution in [0.4, 0.5) is 11.4 Å². The van der Waals surface area contributed by atoms with E-state index in [1.807, 2.05) is 36.4 Å². The van der Waals surface area contributed by atoms with Gasteiger partial charge >= 0.3 is 5.97 Å².